The van der Waals surface area contributed by atoms with Crippen molar-refractivity contribution in [2.75, 3.05) is 14.1 Å². The Morgan fingerprint density at radius 3 is 2.00 bits per heavy atom. The summed E-state index contributed by atoms with van der Waals surface area (Å²) in [6.45, 7) is 1.25. The molecule has 0 radical (unpaired) electrons. The molecule has 0 unspecified atom stereocenters. The van der Waals surface area contributed by atoms with Crippen molar-refractivity contribution in [1.29, 1.82) is 0 Å². The fourth-order valence-electron chi connectivity index (χ4n) is 5.60. The summed E-state index contributed by atoms with van der Waals surface area (Å²) in [6, 6.07) is 2.50. The molecule has 1 saturated carbocycles. The first-order valence-corrected chi connectivity index (χ1v) is 12.2. The number of phenols is 1. The normalized spacial score (nSPS) is 31.1. The molecule has 4 rings (SSSR count). The first kappa shape index (κ1) is 34.6. The molecular formula is C22H30N2O15S. The standard InChI is InChI=1S/C22H24N2O9.H2O4S.2H2O/c1-21(32)7-5-4-6-8(25)9(7)15(26)10-12(21)17(28)13-14(24(2)3)16(27)11(20(23)31)19(30)22(13,33)18(10)29;1-5(2,3)4;;/h4-6,12-14,17,25-26,28,30,32-33H,1-3H3,(H2,23,31);(H2,1,2,3,4);2*1H2/t12-,13-,14+,17+,21-,22+;;;/m1.../s1. The van der Waals surface area contributed by atoms with Crippen molar-refractivity contribution in [2.45, 2.75) is 30.3 Å². The molecule has 17 nitrogen and oxygen atoms in total. The number of nitrogens with zero attached hydrogens (tertiary/aromatic N) is 1. The zero-order valence-electron chi connectivity index (χ0n) is 21.1. The lowest BCUT2D eigenvalue weighted by molar-refractivity contribution is -0.181. The van der Waals surface area contributed by atoms with Crippen LogP contribution in [0, 0.1) is 11.8 Å². The first-order chi connectivity index (χ1) is 17.2. The van der Waals surface area contributed by atoms with Gasteiger partial charge in [-0.2, -0.15) is 8.42 Å². The van der Waals surface area contributed by atoms with Gasteiger partial charge in [0.25, 0.3) is 5.91 Å². The minimum Gasteiger partial charge on any atom is -0.508 e. The van der Waals surface area contributed by atoms with Crippen molar-refractivity contribution in [1.82, 2.24) is 4.90 Å². The summed E-state index contributed by atoms with van der Waals surface area (Å²) in [5.74, 6) is -9.67. The number of aliphatic hydroxyl groups is 5. The minimum atomic E-state index is -4.67. The predicted molar refractivity (Wildman–Crippen MR) is 133 cm³/mol. The zero-order chi connectivity index (χ0) is 29.3. The van der Waals surface area contributed by atoms with Crippen molar-refractivity contribution in [2.24, 2.45) is 17.6 Å². The summed E-state index contributed by atoms with van der Waals surface area (Å²) in [5, 5.41) is 66.3. The van der Waals surface area contributed by atoms with E-state index in [-0.39, 0.29) is 22.1 Å². The number of carbonyl (C=O) groups excluding carboxylic acids is 3. The van der Waals surface area contributed by atoms with Crippen molar-refractivity contribution in [3.8, 4) is 5.75 Å². The molecule has 3 aliphatic carbocycles. The maximum absolute atomic E-state index is 13.7. The van der Waals surface area contributed by atoms with Gasteiger partial charge in [0.1, 0.15) is 22.8 Å². The second-order valence-corrected chi connectivity index (χ2v) is 10.4. The van der Waals surface area contributed by atoms with Crippen LogP contribution in [0.2, 0.25) is 0 Å². The van der Waals surface area contributed by atoms with Gasteiger partial charge in [-0.15, -0.1) is 0 Å². The van der Waals surface area contributed by atoms with E-state index in [1.165, 1.54) is 44.1 Å². The van der Waals surface area contributed by atoms with E-state index in [1.807, 2.05) is 0 Å². The van der Waals surface area contributed by atoms with Gasteiger partial charge in [-0.3, -0.25) is 28.4 Å². The van der Waals surface area contributed by atoms with Crippen molar-refractivity contribution < 1.29 is 73.5 Å². The number of benzene rings is 1. The summed E-state index contributed by atoms with van der Waals surface area (Å²) in [6.07, 6.45) is -1.87. The molecule has 0 saturated heterocycles. The van der Waals surface area contributed by atoms with Gasteiger partial charge in [0.05, 0.1) is 40.7 Å². The van der Waals surface area contributed by atoms with Crippen LogP contribution in [0.15, 0.2) is 35.1 Å². The van der Waals surface area contributed by atoms with Crippen LogP contribution in [0.1, 0.15) is 18.1 Å². The van der Waals surface area contributed by atoms with Crippen LogP contribution in [0.25, 0.3) is 5.76 Å². The van der Waals surface area contributed by atoms with E-state index in [0.717, 1.165) is 0 Å². The molecule has 0 bridgehead atoms. The van der Waals surface area contributed by atoms with Gasteiger partial charge in [-0.1, -0.05) is 12.1 Å². The summed E-state index contributed by atoms with van der Waals surface area (Å²) in [4.78, 5) is 39.9. The molecule has 0 aromatic heterocycles. The number of rotatable bonds is 2. The van der Waals surface area contributed by atoms with E-state index >= 15 is 0 Å². The average Bonchev–Trinajstić information content (AvgIpc) is 2.75. The van der Waals surface area contributed by atoms with E-state index in [9.17, 15) is 45.0 Å². The molecule has 0 spiro atoms. The van der Waals surface area contributed by atoms with Crippen LogP contribution in [0.5, 0.6) is 5.75 Å². The third-order valence-corrected chi connectivity index (χ3v) is 7.03. The van der Waals surface area contributed by atoms with Gasteiger partial charge in [0.15, 0.2) is 11.4 Å². The molecule has 14 N–H and O–H groups in total. The van der Waals surface area contributed by atoms with Crippen LogP contribution < -0.4 is 5.73 Å². The maximum atomic E-state index is 13.7. The molecule has 1 aromatic carbocycles. The van der Waals surface area contributed by atoms with Gasteiger partial charge in [-0.25, -0.2) is 0 Å². The summed E-state index contributed by atoms with van der Waals surface area (Å²) in [5.41, 5.74) is -1.78. The van der Waals surface area contributed by atoms with Crippen LogP contribution >= 0.6 is 0 Å². The number of carbonyl (C=O) groups is 3. The molecule has 1 amide bonds. The van der Waals surface area contributed by atoms with Gasteiger partial charge >= 0.3 is 10.4 Å². The molecule has 3 aliphatic rings. The van der Waals surface area contributed by atoms with Crippen LogP contribution in [-0.2, 0) is 30.4 Å². The Balaban J connectivity index is 0.00000105. The number of fused-ring (bicyclic) bond motifs is 3. The van der Waals surface area contributed by atoms with Crippen LogP contribution in [-0.4, -0.2) is 113 Å². The molecule has 18 heteroatoms. The number of ketones is 2. The van der Waals surface area contributed by atoms with E-state index in [4.69, 9.17) is 23.3 Å². The number of primary amides is 1. The molecule has 40 heavy (non-hydrogen) atoms. The van der Waals surface area contributed by atoms with E-state index in [2.05, 4.69) is 0 Å². The quantitative estimate of drug-likeness (QED) is 0.117. The van der Waals surface area contributed by atoms with Crippen LogP contribution in [0.3, 0.4) is 0 Å². The molecule has 6 atom stereocenters. The third-order valence-electron chi connectivity index (χ3n) is 7.03. The fourth-order valence-corrected chi connectivity index (χ4v) is 5.60. The largest absolute Gasteiger partial charge is 0.508 e. The predicted octanol–water partition coefficient (Wildman–Crippen LogP) is -3.70. The molecule has 0 aliphatic heterocycles. The number of aromatic hydroxyl groups is 1. The molecule has 0 heterocycles. The average molecular weight is 595 g/mol. The molecule has 224 valence electrons. The lowest BCUT2D eigenvalue weighted by atomic mass is 9.53. The Hall–Kier alpha value is -3.46. The number of hydrogen-bond acceptors (Lipinski definition) is 12. The smallest absolute Gasteiger partial charge is 0.394 e. The number of phenolic OH excluding ortho intramolecular Hbond substituents is 1. The molecular weight excluding hydrogens is 564 g/mol. The maximum Gasteiger partial charge on any atom is 0.394 e. The van der Waals surface area contributed by atoms with Crippen LogP contribution in [0.4, 0.5) is 0 Å². The van der Waals surface area contributed by atoms with E-state index in [1.54, 1.807) is 0 Å². The Morgan fingerprint density at radius 1 is 1.05 bits per heavy atom. The summed E-state index contributed by atoms with van der Waals surface area (Å²) >= 11 is 0. The Bertz CT molecular complexity index is 1410. The van der Waals surface area contributed by atoms with E-state index < -0.39 is 91.5 Å². The lowest BCUT2D eigenvalue weighted by Gasteiger charge is -2.55. The number of aliphatic hydroxyl groups excluding tert-OH is 3. The van der Waals surface area contributed by atoms with E-state index in [0.29, 0.717) is 0 Å². The minimum absolute atomic E-state index is 0. The Kier molecular flexibility index (Phi) is 9.37. The Labute approximate surface area is 226 Å². The van der Waals surface area contributed by atoms with Gasteiger partial charge in [-0.05, 0) is 32.6 Å². The first-order valence-electron chi connectivity index (χ1n) is 10.8. The highest BCUT2D eigenvalue weighted by Gasteiger charge is 2.70. The fraction of sp³-hybridized carbons (Fsp3) is 0.409. The summed E-state index contributed by atoms with van der Waals surface area (Å²) < 4.78 is 31.6. The SMILES string of the molecule is CN(C)[C@@H]1C(=O)C(C(N)=O)=C(O)[C@@]2(O)C(=O)C3=C(O)c4c(O)cccc4[C@@](C)(O)[C@H]3[C@H](O)[C@@H]12.O.O.O=S(=O)(O)O. The van der Waals surface area contributed by atoms with Gasteiger partial charge < -0.3 is 47.3 Å². The second kappa shape index (κ2) is 10.8. The third kappa shape index (κ3) is 4.96. The van der Waals surface area contributed by atoms with Crippen molar-refractivity contribution in [3.63, 3.8) is 0 Å². The van der Waals surface area contributed by atoms with Gasteiger partial charge in [0.2, 0.25) is 5.78 Å². The highest BCUT2D eigenvalue weighted by molar-refractivity contribution is 7.79. The van der Waals surface area contributed by atoms with Crippen molar-refractivity contribution >= 4 is 33.6 Å². The zero-order valence-corrected chi connectivity index (χ0v) is 21.9. The number of amides is 1. The molecule has 1 aromatic rings. The number of Topliss-reactive ketones (excluding diaryl/α,β-unsaturated/α-hetero) is 2. The highest BCUT2D eigenvalue weighted by Crippen LogP contribution is 2.57. The number of nitrogens with two attached hydrogens (primary N) is 1. The number of likely N-dealkylation sites (N-methyl/N-ethyl adjacent to an activating group) is 1. The number of hydrogen-bond donors (Lipinski definition) is 9. The second-order valence-electron chi connectivity index (χ2n) is 9.51. The lowest BCUT2D eigenvalue weighted by Crippen LogP contribution is -2.71. The van der Waals surface area contributed by atoms with Gasteiger partial charge in [0, 0.05) is 0 Å². The monoisotopic (exact) mass is 594 g/mol. The molecule has 1 fully saturated rings. The van der Waals surface area contributed by atoms with Crippen molar-refractivity contribution in [3.05, 3.63) is 46.2 Å². The summed E-state index contributed by atoms with van der Waals surface area (Å²) in [7, 11) is -1.87. The topological polar surface area (TPSA) is 339 Å². The highest BCUT2D eigenvalue weighted by atomic mass is 32.3. The Morgan fingerprint density at radius 2 is 1.55 bits per heavy atom.